The lowest BCUT2D eigenvalue weighted by molar-refractivity contribution is 0.615. The van der Waals surface area contributed by atoms with Gasteiger partial charge in [-0.1, -0.05) is 88.4 Å². The molecule has 2 aliphatic rings. The van der Waals surface area contributed by atoms with Crippen molar-refractivity contribution in [1.29, 1.82) is 0 Å². The number of hydrogen-bond donors (Lipinski definition) is 0. The van der Waals surface area contributed by atoms with Crippen LogP contribution in [-0.4, -0.2) is 0 Å². The van der Waals surface area contributed by atoms with Gasteiger partial charge in [0.2, 0.25) is 0 Å². The summed E-state index contributed by atoms with van der Waals surface area (Å²) < 4.78 is 3.96. The second-order valence-corrected chi connectivity index (χ2v) is 18.2. The van der Waals surface area contributed by atoms with Crippen LogP contribution in [0.4, 0.5) is 34.1 Å². The molecule has 0 aliphatic carbocycles. The van der Waals surface area contributed by atoms with E-state index in [-0.39, 0.29) is 21.7 Å². The first-order valence-corrected chi connectivity index (χ1v) is 20.6. The monoisotopic (exact) mass is 760 g/mol. The van der Waals surface area contributed by atoms with Crippen LogP contribution in [0.1, 0.15) is 49.9 Å². The van der Waals surface area contributed by atoms with Gasteiger partial charge in [-0.05, 0) is 107 Å². The standard InChI is InChI=1S/C50H36N2O2S2/c1-49(2)35-15-7-9-17-39(35)51(29-21-23-45-33(25-29)47(53)31-13-5-11-19-43(31)55-45)41-28-38-42(27-37(41)49)52(40-18-10-8-16-36(40)50(38,3)4)30-22-24-46-34(26-30)48(54)32-14-6-12-20-44(32)56-46/h5-28H,1-4H3. The van der Waals surface area contributed by atoms with E-state index in [4.69, 9.17) is 0 Å². The van der Waals surface area contributed by atoms with E-state index in [1.54, 1.807) is 22.7 Å². The highest BCUT2D eigenvalue weighted by Crippen LogP contribution is 2.59. The molecule has 56 heavy (non-hydrogen) atoms. The third-order valence-electron chi connectivity index (χ3n) is 12.2. The Bertz CT molecular complexity index is 3060. The molecule has 2 aromatic heterocycles. The molecular formula is C50H36N2O2S2. The second kappa shape index (κ2) is 11.7. The summed E-state index contributed by atoms with van der Waals surface area (Å²) in [6.45, 7) is 9.27. The van der Waals surface area contributed by atoms with Crippen molar-refractivity contribution in [3.05, 3.63) is 188 Å². The Hall–Kier alpha value is -6.08. The van der Waals surface area contributed by atoms with Crippen LogP contribution < -0.4 is 20.7 Å². The van der Waals surface area contributed by atoms with Crippen molar-refractivity contribution in [2.24, 2.45) is 0 Å². The number of benzene rings is 7. The number of fused-ring (bicyclic) bond motifs is 8. The molecule has 270 valence electrons. The first-order chi connectivity index (χ1) is 27.1. The molecule has 0 N–H and O–H groups in total. The predicted molar refractivity (Wildman–Crippen MR) is 238 cm³/mol. The van der Waals surface area contributed by atoms with E-state index in [0.29, 0.717) is 0 Å². The van der Waals surface area contributed by atoms with Gasteiger partial charge in [0.25, 0.3) is 0 Å². The second-order valence-electron chi connectivity index (χ2n) is 16.1. The maximum atomic E-state index is 14.0. The van der Waals surface area contributed by atoms with Crippen LogP contribution in [-0.2, 0) is 10.8 Å². The lowest BCUT2D eigenvalue weighted by Gasteiger charge is -2.47. The van der Waals surface area contributed by atoms with Crippen LogP contribution in [0.3, 0.4) is 0 Å². The van der Waals surface area contributed by atoms with Crippen LogP contribution >= 0.6 is 22.7 Å². The quantitative estimate of drug-likeness (QED) is 0.165. The first-order valence-electron chi connectivity index (χ1n) is 19.0. The van der Waals surface area contributed by atoms with Gasteiger partial charge in [0, 0.05) is 62.5 Å². The highest BCUT2D eigenvalue weighted by atomic mass is 32.1. The Balaban J connectivity index is 1.18. The minimum atomic E-state index is -0.352. The summed E-state index contributed by atoms with van der Waals surface area (Å²) in [4.78, 5) is 32.8. The number of hydrogen-bond acceptors (Lipinski definition) is 6. The Morgan fingerprint density at radius 3 is 1.20 bits per heavy atom. The third-order valence-corrected chi connectivity index (χ3v) is 14.5. The average molecular weight is 761 g/mol. The van der Waals surface area contributed by atoms with Gasteiger partial charge < -0.3 is 9.80 Å². The number of rotatable bonds is 2. The van der Waals surface area contributed by atoms with Gasteiger partial charge in [0.15, 0.2) is 10.9 Å². The molecule has 0 saturated carbocycles. The molecule has 9 aromatic rings. The number of para-hydroxylation sites is 2. The molecular weight excluding hydrogens is 725 g/mol. The third kappa shape index (κ3) is 4.57. The number of nitrogens with zero attached hydrogens (tertiary/aromatic N) is 2. The van der Waals surface area contributed by atoms with E-state index in [2.05, 4.69) is 135 Å². The zero-order valence-corrected chi connectivity index (χ0v) is 33.0. The lowest BCUT2D eigenvalue weighted by atomic mass is 9.69. The van der Waals surface area contributed by atoms with Crippen molar-refractivity contribution in [2.45, 2.75) is 38.5 Å². The SMILES string of the molecule is CC1(C)c2ccccc2N(c2ccc3sc4ccccc4c(=O)c3c2)c2cc3c(cc21)N(c1ccc2sc4ccccc4c(=O)c2c1)c1ccccc1C3(C)C. The van der Waals surface area contributed by atoms with Crippen LogP contribution in [0.2, 0.25) is 0 Å². The van der Waals surface area contributed by atoms with E-state index in [1.165, 1.54) is 22.3 Å². The summed E-state index contributed by atoms with van der Waals surface area (Å²) in [5.41, 5.74) is 10.6. The predicted octanol–water partition coefficient (Wildman–Crippen LogP) is 13.4. The molecule has 0 bridgehead atoms. The summed E-state index contributed by atoms with van der Waals surface area (Å²) in [5, 5.41) is 2.97. The van der Waals surface area contributed by atoms with Gasteiger partial charge in [0.1, 0.15) is 0 Å². The Kier molecular flexibility index (Phi) is 6.96. The van der Waals surface area contributed by atoms with Crippen molar-refractivity contribution in [3.8, 4) is 0 Å². The molecule has 0 fully saturated rings. The van der Waals surface area contributed by atoms with Crippen LogP contribution in [0.5, 0.6) is 0 Å². The van der Waals surface area contributed by atoms with Crippen LogP contribution in [0.25, 0.3) is 40.3 Å². The Morgan fingerprint density at radius 2 is 0.750 bits per heavy atom. The molecule has 4 heterocycles. The van der Waals surface area contributed by atoms with Gasteiger partial charge in [-0.15, -0.1) is 22.7 Å². The minimum absolute atomic E-state index is 0.0614. The largest absolute Gasteiger partial charge is 0.310 e. The van der Waals surface area contributed by atoms with Crippen molar-refractivity contribution in [2.75, 3.05) is 9.80 Å². The highest BCUT2D eigenvalue weighted by molar-refractivity contribution is 7.25. The van der Waals surface area contributed by atoms with E-state index < -0.39 is 0 Å². The summed E-state index contributed by atoms with van der Waals surface area (Å²) in [7, 11) is 0. The van der Waals surface area contributed by atoms with E-state index in [9.17, 15) is 9.59 Å². The molecule has 7 aromatic carbocycles. The fourth-order valence-corrected chi connectivity index (χ4v) is 11.4. The van der Waals surface area contributed by atoms with E-state index >= 15 is 0 Å². The molecule has 0 spiro atoms. The van der Waals surface area contributed by atoms with Crippen LogP contribution in [0, 0.1) is 0 Å². The smallest absolute Gasteiger partial charge is 0.195 e. The highest BCUT2D eigenvalue weighted by Gasteiger charge is 2.43. The summed E-state index contributed by atoms with van der Waals surface area (Å²) in [6.07, 6.45) is 0. The molecule has 0 saturated heterocycles. The molecule has 0 radical (unpaired) electrons. The first kappa shape index (κ1) is 33.3. The van der Waals surface area contributed by atoms with Crippen molar-refractivity contribution in [3.63, 3.8) is 0 Å². The van der Waals surface area contributed by atoms with Gasteiger partial charge in [0.05, 0.1) is 22.7 Å². The maximum absolute atomic E-state index is 14.0. The molecule has 6 heteroatoms. The van der Waals surface area contributed by atoms with Crippen molar-refractivity contribution in [1.82, 2.24) is 0 Å². The molecule has 0 atom stereocenters. The summed E-state index contributed by atoms with van der Waals surface area (Å²) >= 11 is 3.32. The topological polar surface area (TPSA) is 40.6 Å². The maximum Gasteiger partial charge on any atom is 0.195 e. The van der Waals surface area contributed by atoms with Crippen molar-refractivity contribution < 1.29 is 0 Å². The molecule has 4 nitrogen and oxygen atoms in total. The average Bonchev–Trinajstić information content (AvgIpc) is 3.21. The fourth-order valence-electron chi connectivity index (χ4n) is 9.31. The minimum Gasteiger partial charge on any atom is -0.310 e. The molecule has 0 amide bonds. The molecule has 11 rings (SSSR count). The van der Waals surface area contributed by atoms with E-state index in [1.807, 2.05) is 48.5 Å². The summed E-state index contributed by atoms with van der Waals surface area (Å²) in [5.74, 6) is 0. The van der Waals surface area contributed by atoms with Gasteiger partial charge in [-0.25, -0.2) is 0 Å². The molecule has 0 unspecified atom stereocenters. The normalized spacial score (nSPS) is 15.1. The Morgan fingerprint density at radius 1 is 0.375 bits per heavy atom. The Labute approximate surface area is 332 Å². The zero-order chi connectivity index (χ0) is 38.1. The van der Waals surface area contributed by atoms with Crippen LogP contribution in [0.15, 0.2) is 155 Å². The van der Waals surface area contributed by atoms with Gasteiger partial charge in [-0.2, -0.15) is 0 Å². The van der Waals surface area contributed by atoms with Gasteiger partial charge in [-0.3, -0.25) is 9.59 Å². The zero-order valence-electron chi connectivity index (χ0n) is 31.4. The fraction of sp³-hybridized carbons (Fsp3) is 0.120. The van der Waals surface area contributed by atoms with Gasteiger partial charge >= 0.3 is 0 Å². The van der Waals surface area contributed by atoms with E-state index in [0.717, 1.165) is 74.5 Å². The van der Waals surface area contributed by atoms with Crippen molar-refractivity contribution >= 4 is 97.1 Å². The lowest BCUT2D eigenvalue weighted by Crippen LogP contribution is -2.35. The number of anilines is 6. The molecule has 2 aliphatic heterocycles. The summed E-state index contributed by atoms with van der Waals surface area (Å²) in [6, 6.07) is 50.7.